The number of carbonyl (C=O) groups excluding carboxylic acids is 2. The average Bonchev–Trinajstić information content (AvgIpc) is 3.10. The first-order valence-corrected chi connectivity index (χ1v) is 8.22. The molecule has 1 fully saturated rings. The molecule has 4 atom stereocenters. The van der Waals surface area contributed by atoms with Crippen molar-refractivity contribution in [1.29, 1.82) is 0 Å². The predicted octanol–water partition coefficient (Wildman–Crippen LogP) is 2.78. The molecule has 2 heterocycles. The molecule has 5 heteroatoms. The molecule has 0 spiro atoms. The smallest absolute Gasteiger partial charge is 0.338 e. The molecule has 1 saturated heterocycles. The molecule has 0 amide bonds. The summed E-state index contributed by atoms with van der Waals surface area (Å²) < 4.78 is 16.1. The second kappa shape index (κ2) is 5.25. The molecule has 122 valence electrons. The minimum atomic E-state index is -0.746. The summed E-state index contributed by atoms with van der Waals surface area (Å²) in [6, 6.07) is 0. The number of hydrogen-bond donors (Lipinski definition) is 0. The van der Waals surface area contributed by atoms with Gasteiger partial charge in [-0.2, -0.15) is 0 Å². The van der Waals surface area contributed by atoms with Crippen molar-refractivity contribution in [3.63, 3.8) is 0 Å². The molecule has 0 aromatic heterocycles. The van der Waals surface area contributed by atoms with Crippen molar-refractivity contribution in [2.24, 2.45) is 11.8 Å². The monoisotopic (exact) mass is 316 g/mol. The van der Waals surface area contributed by atoms with Crippen LogP contribution in [0.1, 0.15) is 39.5 Å². The predicted molar refractivity (Wildman–Crippen MR) is 80.8 cm³/mol. The summed E-state index contributed by atoms with van der Waals surface area (Å²) in [4.78, 5) is 23.5. The summed E-state index contributed by atoms with van der Waals surface area (Å²) in [6.45, 7) is 3.89. The van der Waals surface area contributed by atoms with E-state index in [-0.39, 0.29) is 24.0 Å². The van der Waals surface area contributed by atoms with Crippen LogP contribution in [0.25, 0.3) is 0 Å². The maximum absolute atomic E-state index is 12.2. The molecule has 0 saturated carbocycles. The zero-order chi connectivity index (χ0) is 16.1. The number of cyclic esters (lactones) is 1. The number of fused-ring (bicyclic) bond motifs is 2. The molecule has 0 aromatic carbocycles. The van der Waals surface area contributed by atoms with Gasteiger partial charge in [-0.25, -0.2) is 9.59 Å². The first-order valence-electron chi connectivity index (χ1n) is 8.22. The van der Waals surface area contributed by atoms with Crippen LogP contribution in [0.15, 0.2) is 34.6 Å². The summed E-state index contributed by atoms with van der Waals surface area (Å²) in [5, 5.41) is 0. The highest BCUT2D eigenvalue weighted by Gasteiger charge is 2.49. The third kappa shape index (κ3) is 2.30. The Labute approximate surface area is 135 Å². The van der Waals surface area contributed by atoms with Gasteiger partial charge in [0.05, 0.1) is 11.8 Å². The van der Waals surface area contributed by atoms with E-state index in [1.54, 1.807) is 13.0 Å². The zero-order valence-corrected chi connectivity index (χ0v) is 13.3. The van der Waals surface area contributed by atoms with Gasteiger partial charge < -0.3 is 14.2 Å². The van der Waals surface area contributed by atoms with Crippen molar-refractivity contribution in [2.75, 3.05) is 0 Å². The van der Waals surface area contributed by atoms with E-state index in [0.717, 1.165) is 19.3 Å². The molecule has 2 aliphatic heterocycles. The van der Waals surface area contributed by atoms with Gasteiger partial charge in [-0.1, -0.05) is 12.5 Å². The molecule has 0 radical (unpaired) electrons. The van der Waals surface area contributed by atoms with Gasteiger partial charge in [0.2, 0.25) is 0 Å². The maximum atomic E-state index is 12.2. The Kier molecular flexibility index (Phi) is 3.32. The minimum absolute atomic E-state index is 0.0511. The number of rotatable bonds is 2. The van der Waals surface area contributed by atoms with Crippen molar-refractivity contribution < 1.29 is 23.8 Å². The van der Waals surface area contributed by atoms with E-state index in [1.165, 1.54) is 23.8 Å². The van der Waals surface area contributed by atoms with E-state index in [1.807, 2.05) is 0 Å². The van der Waals surface area contributed by atoms with Crippen LogP contribution in [0.3, 0.4) is 0 Å². The van der Waals surface area contributed by atoms with Crippen LogP contribution in [-0.2, 0) is 23.8 Å². The molecule has 5 nitrogen and oxygen atoms in total. The Balaban J connectivity index is 1.52. The van der Waals surface area contributed by atoms with Gasteiger partial charge in [0.15, 0.2) is 0 Å². The number of hydrogen-bond acceptors (Lipinski definition) is 5. The number of carbonyl (C=O) groups is 2. The van der Waals surface area contributed by atoms with Gasteiger partial charge in [0.25, 0.3) is 6.29 Å². The lowest BCUT2D eigenvalue weighted by atomic mass is 9.84. The Morgan fingerprint density at radius 3 is 2.83 bits per heavy atom. The van der Waals surface area contributed by atoms with Crippen LogP contribution >= 0.6 is 0 Å². The Bertz CT molecular complexity index is 669. The van der Waals surface area contributed by atoms with Gasteiger partial charge >= 0.3 is 11.9 Å². The largest absolute Gasteiger partial charge is 0.458 e. The lowest BCUT2D eigenvalue weighted by Gasteiger charge is -2.24. The number of esters is 2. The SMILES string of the molecule is CC1=C[C@H](O/C=C2/C(=O)OC3C4=C(CCC[C@@H]4C)C[C@H]23)OC1=O. The summed E-state index contributed by atoms with van der Waals surface area (Å²) in [6.07, 6.45) is 6.55. The Morgan fingerprint density at radius 1 is 1.26 bits per heavy atom. The molecule has 0 N–H and O–H groups in total. The second-order valence-corrected chi connectivity index (χ2v) is 6.82. The summed E-state index contributed by atoms with van der Waals surface area (Å²) in [5.74, 6) is -0.153. The third-order valence-electron chi connectivity index (χ3n) is 5.32. The lowest BCUT2D eigenvalue weighted by Crippen LogP contribution is -2.19. The van der Waals surface area contributed by atoms with Crippen LogP contribution in [0.4, 0.5) is 0 Å². The first-order chi connectivity index (χ1) is 11.0. The molecule has 1 unspecified atom stereocenters. The van der Waals surface area contributed by atoms with Crippen molar-refractivity contribution in [3.8, 4) is 0 Å². The van der Waals surface area contributed by atoms with Crippen molar-refractivity contribution in [3.05, 3.63) is 34.6 Å². The van der Waals surface area contributed by atoms with E-state index < -0.39 is 6.29 Å². The number of allylic oxidation sites excluding steroid dienone is 1. The fourth-order valence-corrected chi connectivity index (χ4v) is 4.16. The van der Waals surface area contributed by atoms with Crippen LogP contribution in [0, 0.1) is 11.8 Å². The zero-order valence-electron chi connectivity index (χ0n) is 13.3. The normalized spacial score (nSPS) is 37.5. The highest BCUT2D eigenvalue weighted by Crippen LogP contribution is 2.50. The maximum Gasteiger partial charge on any atom is 0.338 e. The van der Waals surface area contributed by atoms with Gasteiger partial charge in [-0.3, -0.25) is 0 Å². The van der Waals surface area contributed by atoms with Gasteiger partial charge in [-0.15, -0.1) is 0 Å². The molecule has 4 rings (SSSR count). The quantitative estimate of drug-likeness (QED) is 0.339. The lowest BCUT2D eigenvalue weighted by molar-refractivity contribution is -0.152. The van der Waals surface area contributed by atoms with Crippen LogP contribution < -0.4 is 0 Å². The minimum Gasteiger partial charge on any atom is -0.458 e. The van der Waals surface area contributed by atoms with Gasteiger partial charge in [-0.05, 0) is 44.1 Å². The summed E-state index contributed by atoms with van der Waals surface area (Å²) >= 11 is 0. The molecule has 0 bridgehead atoms. The standard InChI is InChI=1S/C18H20O5/c1-9-4-3-5-11-7-12-13(18(20)23-16(12)15(9)11)8-21-14-6-10(2)17(19)22-14/h6,8-9,12,14,16H,3-5,7H2,1-2H3/b13-8+/t9-,12+,14+,16?/m0/s1. The van der Waals surface area contributed by atoms with Crippen molar-refractivity contribution in [2.45, 2.75) is 51.9 Å². The molecule has 23 heavy (non-hydrogen) atoms. The van der Waals surface area contributed by atoms with Crippen LogP contribution in [-0.4, -0.2) is 24.3 Å². The van der Waals surface area contributed by atoms with Gasteiger partial charge in [0, 0.05) is 17.6 Å². The van der Waals surface area contributed by atoms with Crippen molar-refractivity contribution in [1.82, 2.24) is 0 Å². The third-order valence-corrected chi connectivity index (χ3v) is 5.32. The fraction of sp³-hybridized carbons (Fsp3) is 0.556. The van der Waals surface area contributed by atoms with Crippen molar-refractivity contribution >= 4 is 11.9 Å². The molecule has 2 aliphatic carbocycles. The van der Waals surface area contributed by atoms with E-state index in [9.17, 15) is 9.59 Å². The van der Waals surface area contributed by atoms with Crippen LogP contribution in [0.5, 0.6) is 0 Å². The highest BCUT2D eigenvalue weighted by molar-refractivity contribution is 5.92. The average molecular weight is 316 g/mol. The molecule has 0 aromatic rings. The first kappa shape index (κ1) is 14.5. The van der Waals surface area contributed by atoms with E-state index >= 15 is 0 Å². The Hall–Kier alpha value is -2.04. The summed E-state index contributed by atoms with van der Waals surface area (Å²) in [5.41, 5.74) is 3.87. The summed E-state index contributed by atoms with van der Waals surface area (Å²) in [7, 11) is 0. The number of ether oxygens (including phenoxy) is 3. The highest BCUT2D eigenvalue weighted by atomic mass is 16.7. The topological polar surface area (TPSA) is 61.8 Å². The Morgan fingerprint density at radius 2 is 2.09 bits per heavy atom. The molecule has 4 aliphatic rings. The second-order valence-electron chi connectivity index (χ2n) is 6.82. The van der Waals surface area contributed by atoms with Gasteiger partial charge in [0.1, 0.15) is 6.10 Å². The van der Waals surface area contributed by atoms with E-state index in [2.05, 4.69) is 6.92 Å². The molecular weight excluding hydrogens is 296 g/mol. The van der Waals surface area contributed by atoms with E-state index in [0.29, 0.717) is 17.1 Å². The molecular formula is C18H20O5. The fourth-order valence-electron chi connectivity index (χ4n) is 4.16. The van der Waals surface area contributed by atoms with E-state index in [4.69, 9.17) is 14.2 Å². The van der Waals surface area contributed by atoms with Crippen LogP contribution in [0.2, 0.25) is 0 Å².